The molecule has 0 bridgehead atoms. The van der Waals surface area contributed by atoms with Gasteiger partial charge in [0.1, 0.15) is 0 Å². The van der Waals surface area contributed by atoms with E-state index in [0.717, 1.165) is 0 Å². The molecule has 0 heterocycles. The van der Waals surface area contributed by atoms with Gasteiger partial charge in [-0.1, -0.05) is 0 Å². The van der Waals surface area contributed by atoms with E-state index in [1.165, 1.54) is 5.41 Å². The first kappa shape index (κ1) is 8.56. The molecule has 0 aliphatic carbocycles. The molecular formula is C6H10O2S. The van der Waals surface area contributed by atoms with Gasteiger partial charge in [-0.3, -0.25) is 0 Å². The van der Waals surface area contributed by atoms with Crippen LogP contribution < -0.4 is 0 Å². The van der Waals surface area contributed by atoms with Crippen LogP contribution in [0.5, 0.6) is 0 Å². The maximum Gasteiger partial charge on any atom is 0.334 e. The van der Waals surface area contributed by atoms with Crippen molar-refractivity contribution < 1.29 is 9.53 Å². The van der Waals surface area contributed by atoms with Gasteiger partial charge < -0.3 is 4.74 Å². The Morgan fingerprint density at radius 3 is 2.67 bits per heavy atom. The maximum absolute atomic E-state index is 10.6. The molecule has 0 saturated carbocycles. The molecule has 3 heteroatoms. The first-order chi connectivity index (χ1) is 4.22. The third kappa shape index (κ3) is 3.19. The Morgan fingerprint density at radius 1 is 1.78 bits per heavy atom. The highest BCUT2D eigenvalue weighted by Crippen LogP contribution is 1.96. The zero-order valence-corrected chi connectivity index (χ0v) is 6.44. The number of carbonyl (C=O) groups is 1. The molecule has 0 unspecified atom stereocenters. The summed E-state index contributed by atoms with van der Waals surface area (Å²) in [7, 11) is 0. The highest BCUT2D eigenvalue weighted by molar-refractivity contribution is 7.83. The van der Waals surface area contributed by atoms with Crippen molar-refractivity contribution in [3.8, 4) is 0 Å². The predicted molar refractivity (Wildman–Crippen MR) is 39.4 cm³/mol. The van der Waals surface area contributed by atoms with E-state index in [4.69, 9.17) is 0 Å². The molecule has 9 heavy (non-hydrogen) atoms. The lowest BCUT2D eigenvalue weighted by molar-refractivity contribution is -0.138. The second-order valence-electron chi connectivity index (χ2n) is 1.53. The van der Waals surface area contributed by atoms with Gasteiger partial charge in [-0.05, 0) is 19.3 Å². The fourth-order valence-electron chi connectivity index (χ4n) is 0.298. The van der Waals surface area contributed by atoms with Crippen molar-refractivity contribution in [3.05, 3.63) is 11.0 Å². The Hall–Kier alpha value is -0.440. The van der Waals surface area contributed by atoms with Crippen molar-refractivity contribution in [2.75, 3.05) is 6.61 Å². The van der Waals surface area contributed by atoms with Crippen LogP contribution in [0.15, 0.2) is 11.0 Å². The maximum atomic E-state index is 10.6. The van der Waals surface area contributed by atoms with Crippen LogP contribution in [0.1, 0.15) is 13.8 Å². The summed E-state index contributed by atoms with van der Waals surface area (Å²) >= 11 is 3.78. The van der Waals surface area contributed by atoms with Gasteiger partial charge in [0, 0.05) is 5.57 Å². The van der Waals surface area contributed by atoms with Crippen molar-refractivity contribution in [1.82, 2.24) is 0 Å². The average molecular weight is 146 g/mol. The number of hydrogen-bond donors (Lipinski definition) is 1. The van der Waals surface area contributed by atoms with Crippen LogP contribution in [0.25, 0.3) is 0 Å². The smallest absolute Gasteiger partial charge is 0.334 e. The number of carbonyl (C=O) groups excluding carboxylic acids is 1. The quantitative estimate of drug-likeness (QED) is 0.362. The number of esters is 1. The molecule has 0 aliphatic heterocycles. The highest BCUT2D eigenvalue weighted by Gasteiger charge is 2.00. The van der Waals surface area contributed by atoms with Crippen molar-refractivity contribution in [2.45, 2.75) is 13.8 Å². The van der Waals surface area contributed by atoms with Crippen molar-refractivity contribution in [3.63, 3.8) is 0 Å². The van der Waals surface area contributed by atoms with E-state index in [0.29, 0.717) is 12.2 Å². The van der Waals surface area contributed by atoms with E-state index in [9.17, 15) is 4.79 Å². The monoisotopic (exact) mass is 146 g/mol. The molecule has 0 radical (unpaired) electrons. The van der Waals surface area contributed by atoms with E-state index in [2.05, 4.69) is 17.4 Å². The fraction of sp³-hybridized carbons (Fsp3) is 0.500. The summed E-state index contributed by atoms with van der Waals surface area (Å²) in [5.41, 5.74) is 0.528. The molecule has 0 rings (SSSR count). The lowest BCUT2D eigenvalue weighted by Crippen LogP contribution is -2.04. The third-order valence-electron chi connectivity index (χ3n) is 0.791. The van der Waals surface area contributed by atoms with Crippen LogP contribution in [0.3, 0.4) is 0 Å². The Labute approximate surface area is 60.3 Å². The number of ether oxygens (including phenoxy) is 1. The SMILES string of the molecule is CCOC(=O)/C(C)=C/S. The van der Waals surface area contributed by atoms with Crippen molar-refractivity contribution >= 4 is 18.6 Å². The van der Waals surface area contributed by atoms with Gasteiger partial charge in [0.2, 0.25) is 0 Å². The lowest BCUT2D eigenvalue weighted by Gasteiger charge is -1.98. The Bertz CT molecular complexity index is 129. The normalized spacial score (nSPS) is 11.2. The standard InChI is InChI=1S/C6H10O2S/c1-3-8-6(7)5(2)4-9/h4,9H,3H2,1-2H3/b5-4+. The molecule has 52 valence electrons. The summed E-state index contributed by atoms with van der Waals surface area (Å²) in [6.45, 7) is 3.84. The van der Waals surface area contributed by atoms with E-state index < -0.39 is 0 Å². The molecular weight excluding hydrogens is 136 g/mol. The summed E-state index contributed by atoms with van der Waals surface area (Å²) in [5, 5.41) is 1.43. The summed E-state index contributed by atoms with van der Waals surface area (Å²) in [6.07, 6.45) is 0. The molecule has 0 aromatic rings. The van der Waals surface area contributed by atoms with Gasteiger partial charge >= 0.3 is 5.97 Å². The van der Waals surface area contributed by atoms with Crippen LogP contribution in [0, 0.1) is 0 Å². The first-order valence-corrected chi connectivity index (χ1v) is 3.22. The lowest BCUT2D eigenvalue weighted by atomic mass is 10.4. The summed E-state index contributed by atoms with van der Waals surface area (Å²) in [5.74, 6) is -0.299. The van der Waals surface area contributed by atoms with Crippen LogP contribution in [0.4, 0.5) is 0 Å². The van der Waals surface area contributed by atoms with Crippen LogP contribution in [0.2, 0.25) is 0 Å². The Morgan fingerprint density at radius 2 is 2.33 bits per heavy atom. The van der Waals surface area contributed by atoms with Gasteiger partial charge in [-0.25, -0.2) is 4.79 Å². The third-order valence-corrected chi connectivity index (χ3v) is 1.18. The highest BCUT2D eigenvalue weighted by atomic mass is 32.1. The van der Waals surface area contributed by atoms with E-state index in [1.54, 1.807) is 13.8 Å². The second-order valence-corrected chi connectivity index (χ2v) is 1.79. The Balaban J connectivity index is 3.74. The molecule has 0 spiro atoms. The molecule has 0 aromatic carbocycles. The number of hydrogen-bond acceptors (Lipinski definition) is 3. The van der Waals surface area contributed by atoms with Crippen LogP contribution in [-0.4, -0.2) is 12.6 Å². The van der Waals surface area contributed by atoms with Gasteiger partial charge in [-0.15, -0.1) is 0 Å². The molecule has 0 aliphatic rings. The molecule has 0 aromatic heterocycles. The number of rotatable bonds is 2. The zero-order chi connectivity index (χ0) is 7.28. The summed E-state index contributed by atoms with van der Waals surface area (Å²) in [6, 6.07) is 0. The Kier molecular flexibility index (Phi) is 4.22. The minimum Gasteiger partial charge on any atom is -0.463 e. The minimum absolute atomic E-state index is 0.299. The van der Waals surface area contributed by atoms with Crippen molar-refractivity contribution in [1.29, 1.82) is 0 Å². The van der Waals surface area contributed by atoms with Gasteiger partial charge in [0.25, 0.3) is 0 Å². The van der Waals surface area contributed by atoms with E-state index in [-0.39, 0.29) is 5.97 Å². The van der Waals surface area contributed by atoms with Gasteiger partial charge in [0.15, 0.2) is 0 Å². The van der Waals surface area contributed by atoms with E-state index in [1.807, 2.05) is 0 Å². The van der Waals surface area contributed by atoms with Gasteiger partial charge in [-0.2, -0.15) is 12.6 Å². The first-order valence-electron chi connectivity index (χ1n) is 2.70. The largest absolute Gasteiger partial charge is 0.463 e. The summed E-state index contributed by atoms with van der Waals surface area (Å²) in [4.78, 5) is 10.6. The fourth-order valence-corrected chi connectivity index (χ4v) is 0.403. The minimum atomic E-state index is -0.299. The zero-order valence-electron chi connectivity index (χ0n) is 5.55. The molecule has 0 fully saturated rings. The van der Waals surface area contributed by atoms with Gasteiger partial charge in [0.05, 0.1) is 6.61 Å². The molecule has 2 nitrogen and oxygen atoms in total. The van der Waals surface area contributed by atoms with Crippen molar-refractivity contribution in [2.24, 2.45) is 0 Å². The number of thiol groups is 1. The molecule has 0 N–H and O–H groups in total. The summed E-state index contributed by atoms with van der Waals surface area (Å²) < 4.78 is 4.64. The molecule has 0 atom stereocenters. The predicted octanol–water partition coefficient (Wildman–Crippen LogP) is 1.38. The van der Waals surface area contributed by atoms with Crippen LogP contribution >= 0.6 is 12.6 Å². The second kappa shape index (κ2) is 4.44. The van der Waals surface area contributed by atoms with E-state index >= 15 is 0 Å². The topological polar surface area (TPSA) is 26.3 Å². The van der Waals surface area contributed by atoms with Crippen LogP contribution in [-0.2, 0) is 9.53 Å². The molecule has 0 saturated heterocycles. The average Bonchev–Trinajstić information content (AvgIpc) is 1.87. The molecule has 0 amide bonds.